The summed E-state index contributed by atoms with van der Waals surface area (Å²) in [5, 5.41) is 13.0. The Morgan fingerprint density at radius 2 is 2.33 bits per heavy atom. The first-order valence-electron chi connectivity index (χ1n) is 6.08. The summed E-state index contributed by atoms with van der Waals surface area (Å²) in [6, 6.07) is 9.55. The van der Waals surface area contributed by atoms with E-state index in [0.717, 1.165) is 11.3 Å². The average molecular weight is 244 g/mol. The number of hydrogen-bond donors (Lipinski definition) is 0. The third-order valence-electron chi connectivity index (χ3n) is 3.05. The van der Waals surface area contributed by atoms with Gasteiger partial charge < -0.3 is 9.57 Å². The summed E-state index contributed by atoms with van der Waals surface area (Å²) < 4.78 is 5.37. The number of hydrogen-bond acceptors (Lipinski definition) is 4. The Labute approximate surface area is 107 Å². The van der Waals surface area contributed by atoms with Gasteiger partial charge in [-0.2, -0.15) is 5.26 Å². The molecule has 0 aliphatic carbocycles. The Morgan fingerprint density at radius 1 is 1.50 bits per heavy atom. The largest absolute Gasteiger partial charge is 0.389 e. The first-order valence-corrected chi connectivity index (χ1v) is 6.08. The molecule has 0 fully saturated rings. The first kappa shape index (κ1) is 12.6. The van der Waals surface area contributed by atoms with Crippen LogP contribution < -0.4 is 0 Å². The number of nitrogens with zero attached hydrogens (tertiary/aromatic N) is 2. The van der Waals surface area contributed by atoms with Crippen LogP contribution >= 0.6 is 0 Å². The monoisotopic (exact) mass is 244 g/mol. The molecule has 1 aliphatic heterocycles. The topological polar surface area (TPSA) is 54.6 Å². The maximum atomic E-state index is 8.90. The van der Waals surface area contributed by atoms with Crippen LogP contribution in [-0.4, -0.2) is 25.0 Å². The first-order chi connectivity index (χ1) is 8.76. The van der Waals surface area contributed by atoms with E-state index < -0.39 is 0 Å². The predicted octanol–water partition coefficient (Wildman–Crippen LogP) is 2.33. The van der Waals surface area contributed by atoms with E-state index in [0.29, 0.717) is 18.8 Å². The standard InChI is InChI=1S/C14H16N2O2/c1-3-17-9-13-10(2)14(16-18-13)12-6-4-5-11(7-12)8-15/h4-7,10,13H,3,9H2,1-2H3. The Balaban J connectivity index is 2.13. The summed E-state index contributed by atoms with van der Waals surface area (Å²) in [5.74, 6) is 0.172. The van der Waals surface area contributed by atoms with Gasteiger partial charge in [0.25, 0.3) is 0 Å². The lowest BCUT2D eigenvalue weighted by molar-refractivity contribution is -0.00815. The van der Waals surface area contributed by atoms with Crippen molar-refractivity contribution < 1.29 is 9.57 Å². The van der Waals surface area contributed by atoms with E-state index in [1.165, 1.54) is 0 Å². The van der Waals surface area contributed by atoms with Gasteiger partial charge in [-0.05, 0) is 19.1 Å². The third kappa shape index (κ3) is 2.52. The van der Waals surface area contributed by atoms with Gasteiger partial charge in [0.15, 0.2) is 6.10 Å². The fourth-order valence-corrected chi connectivity index (χ4v) is 1.95. The van der Waals surface area contributed by atoms with Crippen molar-refractivity contribution >= 4 is 5.71 Å². The van der Waals surface area contributed by atoms with Crippen LogP contribution in [0.2, 0.25) is 0 Å². The van der Waals surface area contributed by atoms with Crippen LogP contribution in [0.5, 0.6) is 0 Å². The fraction of sp³-hybridized carbons (Fsp3) is 0.429. The molecule has 0 radical (unpaired) electrons. The number of benzene rings is 1. The second-order valence-corrected chi connectivity index (χ2v) is 4.26. The molecule has 4 heteroatoms. The van der Waals surface area contributed by atoms with Crippen molar-refractivity contribution in [2.45, 2.75) is 20.0 Å². The van der Waals surface area contributed by atoms with Crippen LogP contribution in [0.15, 0.2) is 29.4 Å². The lowest BCUT2D eigenvalue weighted by Gasteiger charge is -2.14. The molecule has 2 unspecified atom stereocenters. The molecule has 2 rings (SSSR count). The molecule has 0 amide bonds. The van der Waals surface area contributed by atoms with E-state index in [4.69, 9.17) is 14.8 Å². The molecule has 1 aromatic carbocycles. The number of oxime groups is 1. The third-order valence-corrected chi connectivity index (χ3v) is 3.05. The minimum atomic E-state index is -0.0364. The molecule has 0 saturated carbocycles. The van der Waals surface area contributed by atoms with Crippen molar-refractivity contribution in [2.75, 3.05) is 13.2 Å². The molecule has 0 N–H and O–H groups in total. The SMILES string of the molecule is CCOCC1ON=C(c2cccc(C#N)c2)C1C. The van der Waals surface area contributed by atoms with E-state index in [9.17, 15) is 0 Å². The van der Waals surface area contributed by atoms with E-state index in [-0.39, 0.29) is 12.0 Å². The van der Waals surface area contributed by atoms with Crippen LogP contribution in [0.3, 0.4) is 0 Å². The summed E-state index contributed by atoms with van der Waals surface area (Å²) in [6.45, 7) is 5.24. The lowest BCUT2D eigenvalue weighted by atomic mass is 9.94. The molecular formula is C14H16N2O2. The second-order valence-electron chi connectivity index (χ2n) is 4.26. The van der Waals surface area contributed by atoms with E-state index in [1.54, 1.807) is 6.07 Å². The van der Waals surface area contributed by atoms with E-state index in [2.05, 4.69) is 18.1 Å². The average Bonchev–Trinajstić information content (AvgIpc) is 2.78. The van der Waals surface area contributed by atoms with Crippen LogP contribution in [0.1, 0.15) is 25.0 Å². The molecule has 18 heavy (non-hydrogen) atoms. The molecule has 2 atom stereocenters. The molecule has 0 bridgehead atoms. The van der Waals surface area contributed by atoms with Gasteiger partial charge in [-0.15, -0.1) is 0 Å². The molecule has 4 nitrogen and oxygen atoms in total. The zero-order valence-corrected chi connectivity index (χ0v) is 10.6. The van der Waals surface area contributed by atoms with Crippen molar-refractivity contribution in [1.29, 1.82) is 5.26 Å². The normalized spacial score (nSPS) is 22.2. The number of ether oxygens (including phenoxy) is 1. The van der Waals surface area contributed by atoms with Gasteiger partial charge in [-0.25, -0.2) is 0 Å². The highest BCUT2D eigenvalue weighted by molar-refractivity contribution is 6.03. The molecule has 1 heterocycles. The van der Waals surface area contributed by atoms with Gasteiger partial charge >= 0.3 is 0 Å². The van der Waals surface area contributed by atoms with Crippen molar-refractivity contribution in [3.8, 4) is 6.07 Å². The Hall–Kier alpha value is -1.86. The number of rotatable bonds is 4. The molecule has 0 saturated heterocycles. The minimum absolute atomic E-state index is 0.0364. The van der Waals surface area contributed by atoms with Gasteiger partial charge in [0, 0.05) is 18.1 Å². The van der Waals surface area contributed by atoms with Gasteiger partial charge in [0.1, 0.15) is 0 Å². The van der Waals surface area contributed by atoms with Gasteiger partial charge in [0.05, 0.1) is 24.0 Å². The van der Waals surface area contributed by atoms with Gasteiger partial charge in [0.2, 0.25) is 0 Å². The predicted molar refractivity (Wildman–Crippen MR) is 68.2 cm³/mol. The summed E-state index contributed by atoms with van der Waals surface area (Å²) in [4.78, 5) is 5.39. The van der Waals surface area contributed by atoms with Gasteiger partial charge in [-0.1, -0.05) is 24.2 Å². The van der Waals surface area contributed by atoms with E-state index in [1.807, 2.05) is 25.1 Å². The van der Waals surface area contributed by atoms with E-state index >= 15 is 0 Å². The maximum absolute atomic E-state index is 8.90. The van der Waals surface area contributed by atoms with Crippen LogP contribution in [0, 0.1) is 17.2 Å². The van der Waals surface area contributed by atoms with Gasteiger partial charge in [-0.3, -0.25) is 0 Å². The van der Waals surface area contributed by atoms with Crippen LogP contribution in [-0.2, 0) is 9.57 Å². The molecule has 0 spiro atoms. The molecule has 94 valence electrons. The lowest BCUT2D eigenvalue weighted by Crippen LogP contribution is -2.26. The molecular weight excluding hydrogens is 228 g/mol. The highest BCUT2D eigenvalue weighted by Crippen LogP contribution is 2.23. The zero-order chi connectivity index (χ0) is 13.0. The summed E-state index contributed by atoms with van der Waals surface area (Å²) in [6.07, 6.45) is -0.0364. The zero-order valence-electron chi connectivity index (χ0n) is 10.6. The van der Waals surface area contributed by atoms with Crippen molar-refractivity contribution in [3.05, 3.63) is 35.4 Å². The summed E-state index contributed by atoms with van der Waals surface area (Å²) >= 11 is 0. The molecule has 1 aliphatic rings. The molecule has 1 aromatic rings. The summed E-state index contributed by atoms with van der Waals surface area (Å²) in [7, 11) is 0. The highest BCUT2D eigenvalue weighted by atomic mass is 16.7. The smallest absolute Gasteiger partial charge is 0.158 e. The Bertz CT molecular complexity index is 491. The van der Waals surface area contributed by atoms with Crippen LogP contribution in [0.25, 0.3) is 0 Å². The number of nitriles is 1. The quantitative estimate of drug-likeness (QED) is 0.816. The van der Waals surface area contributed by atoms with Crippen LogP contribution in [0.4, 0.5) is 0 Å². The maximum Gasteiger partial charge on any atom is 0.158 e. The summed E-state index contributed by atoms with van der Waals surface area (Å²) in [5.41, 5.74) is 2.47. The second kappa shape index (κ2) is 5.65. The van der Waals surface area contributed by atoms with Crippen molar-refractivity contribution in [3.63, 3.8) is 0 Å². The fourth-order valence-electron chi connectivity index (χ4n) is 1.95. The van der Waals surface area contributed by atoms with Crippen molar-refractivity contribution in [2.24, 2.45) is 11.1 Å². The van der Waals surface area contributed by atoms with Crippen molar-refractivity contribution in [1.82, 2.24) is 0 Å². The molecule has 0 aromatic heterocycles. The minimum Gasteiger partial charge on any atom is -0.389 e. The highest BCUT2D eigenvalue weighted by Gasteiger charge is 2.31. The Kier molecular flexibility index (Phi) is 3.96. The Morgan fingerprint density at radius 3 is 3.06 bits per heavy atom.